The minimum absolute atomic E-state index is 0.0788. The van der Waals surface area contributed by atoms with E-state index in [9.17, 15) is 22.8 Å². The van der Waals surface area contributed by atoms with Crippen LogP contribution in [0.4, 0.5) is 13.2 Å². The molecule has 116 valence electrons. The maximum atomic E-state index is 12.4. The number of alkyl halides is 3. The van der Waals surface area contributed by atoms with Crippen LogP contribution >= 0.6 is 11.8 Å². The van der Waals surface area contributed by atoms with Gasteiger partial charge in [-0.1, -0.05) is 13.8 Å². The third-order valence-electron chi connectivity index (χ3n) is 3.50. The van der Waals surface area contributed by atoms with E-state index in [0.29, 0.717) is 12.8 Å². The number of nitrogens with zero attached hydrogens (tertiary/aromatic N) is 1. The molecule has 0 saturated carbocycles. The Morgan fingerprint density at radius 2 is 1.95 bits per heavy atom. The molecule has 2 unspecified atom stereocenters. The Bertz CT molecular complexity index is 389. The highest BCUT2D eigenvalue weighted by atomic mass is 32.2. The number of carbonyl (C=O) groups is 2. The molecule has 1 fully saturated rings. The van der Waals surface area contributed by atoms with Gasteiger partial charge in [-0.15, -0.1) is 0 Å². The third-order valence-corrected chi connectivity index (χ3v) is 4.22. The molecule has 20 heavy (non-hydrogen) atoms. The fourth-order valence-electron chi connectivity index (χ4n) is 2.17. The van der Waals surface area contributed by atoms with Crippen LogP contribution < -0.4 is 5.32 Å². The molecule has 1 aliphatic rings. The predicted octanol–water partition coefficient (Wildman–Crippen LogP) is 2.15. The van der Waals surface area contributed by atoms with E-state index in [1.807, 2.05) is 0 Å². The minimum Gasteiger partial charge on any atom is -0.340 e. The molecule has 1 N–H and O–H groups in total. The molecule has 0 spiro atoms. The lowest BCUT2D eigenvalue weighted by Crippen LogP contribution is -2.69. The van der Waals surface area contributed by atoms with Crippen LogP contribution in [0.25, 0.3) is 0 Å². The van der Waals surface area contributed by atoms with E-state index in [-0.39, 0.29) is 35.9 Å². The molecule has 1 aliphatic heterocycles. The van der Waals surface area contributed by atoms with Crippen LogP contribution in [0.1, 0.15) is 33.6 Å². The molecular weight excluding hydrogens is 293 g/mol. The number of piperazine rings is 1. The maximum absolute atomic E-state index is 12.4. The van der Waals surface area contributed by atoms with Gasteiger partial charge in [0, 0.05) is 12.3 Å². The first-order chi connectivity index (χ1) is 9.14. The summed E-state index contributed by atoms with van der Waals surface area (Å²) in [6.07, 6.45) is 0.783. The van der Waals surface area contributed by atoms with Crippen LogP contribution in [0, 0.1) is 0 Å². The lowest BCUT2D eigenvalue weighted by Gasteiger charge is -2.44. The summed E-state index contributed by atoms with van der Waals surface area (Å²) in [5.41, 5.74) is -5.34. The van der Waals surface area contributed by atoms with Crippen molar-refractivity contribution in [2.75, 3.05) is 12.3 Å². The zero-order valence-electron chi connectivity index (χ0n) is 11.7. The second-order valence-corrected chi connectivity index (χ2v) is 6.05. The topological polar surface area (TPSA) is 49.4 Å². The number of carbonyl (C=O) groups excluding carboxylic acids is 2. The highest BCUT2D eigenvalue weighted by molar-refractivity contribution is 8.00. The molecule has 0 aliphatic carbocycles. The summed E-state index contributed by atoms with van der Waals surface area (Å²) < 4.78 is 36.5. The lowest BCUT2D eigenvalue weighted by molar-refractivity contribution is -0.154. The monoisotopic (exact) mass is 312 g/mol. The van der Waals surface area contributed by atoms with Crippen molar-refractivity contribution in [2.24, 2.45) is 0 Å². The summed E-state index contributed by atoms with van der Waals surface area (Å²) in [6.45, 7) is 5.01. The number of hydrogen-bond acceptors (Lipinski definition) is 3. The smallest absolute Gasteiger partial charge is 0.340 e. The molecular formula is C12H19F3N2O2S. The lowest BCUT2D eigenvalue weighted by atomic mass is 9.91. The van der Waals surface area contributed by atoms with Crippen molar-refractivity contribution in [1.29, 1.82) is 0 Å². The Hall–Kier alpha value is -0.920. The van der Waals surface area contributed by atoms with Gasteiger partial charge in [0.25, 0.3) is 0 Å². The van der Waals surface area contributed by atoms with Crippen molar-refractivity contribution >= 4 is 23.6 Å². The minimum atomic E-state index is -4.32. The van der Waals surface area contributed by atoms with Gasteiger partial charge in [0.1, 0.15) is 11.6 Å². The first-order valence-corrected chi connectivity index (χ1v) is 7.47. The first kappa shape index (κ1) is 17.1. The van der Waals surface area contributed by atoms with Crippen LogP contribution in [0.5, 0.6) is 0 Å². The Morgan fingerprint density at radius 3 is 2.40 bits per heavy atom. The Balaban J connectivity index is 2.81. The summed E-state index contributed by atoms with van der Waals surface area (Å²) in [5, 5.41) is 2.67. The number of amides is 2. The second-order valence-electron chi connectivity index (χ2n) is 4.89. The van der Waals surface area contributed by atoms with Gasteiger partial charge >= 0.3 is 5.51 Å². The zero-order valence-corrected chi connectivity index (χ0v) is 12.5. The molecule has 1 rings (SSSR count). The van der Waals surface area contributed by atoms with E-state index >= 15 is 0 Å². The van der Waals surface area contributed by atoms with Gasteiger partial charge in [-0.25, -0.2) is 0 Å². The van der Waals surface area contributed by atoms with Gasteiger partial charge in [-0.3, -0.25) is 9.59 Å². The van der Waals surface area contributed by atoms with Crippen molar-refractivity contribution in [2.45, 2.75) is 50.7 Å². The van der Waals surface area contributed by atoms with Gasteiger partial charge in [0.15, 0.2) is 0 Å². The van der Waals surface area contributed by atoms with Crippen LogP contribution in [-0.4, -0.2) is 46.1 Å². The maximum Gasteiger partial charge on any atom is 0.441 e. The van der Waals surface area contributed by atoms with E-state index in [4.69, 9.17) is 0 Å². The molecule has 4 nitrogen and oxygen atoms in total. The Morgan fingerprint density at radius 1 is 1.35 bits per heavy atom. The number of halogens is 3. The summed E-state index contributed by atoms with van der Waals surface area (Å²) in [6, 6.07) is -0.684. The largest absolute Gasteiger partial charge is 0.441 e. The van der Waals surface area contributed by atoms with Crippen LogP contribution in [0.3, 0.4) is 0 Å². The number of rotatable bonds is 5. The van der Waals surface area contributed by atoms with Crippen LogP contribution in [0.15, 0.2) is 0 Å². The number of hydrogen-bond donors (Lipinski definition) is 1. The fourth-order valence-corrected chi connectivity index (χ4v) is 2.69. The highest BCUT2D eigenvalue weighted by Gasteiger charge is 2.46. The summed E-state index contributed by atoms with van der Waals surface area (Å²) in [5.74, 6) is -0.874. The molecule has 2 amide bonds. The molecule has 1 heterocycles. The summed E-state index contributed by atoms with van der Waals surface area (Å²) in [7, 11) is 0. The number of thioether (sulfide) groups is 1. The van der Waals surface area contributed by atoms with Crippen molar-refractivity contribution in [3.8, 4) is 0 Å². The standard InChI is InChI=1S/C12H19F3N2O2S/c1-4-8-9(18)16-11(3,5-2)10(19)17(8)6-7-20-12(13,14)15/h8H,4-7H2,1-3H3,(H,16,18). The molecule has 1 saturated heterocycles. The normalized spacial score (nSPS) is 27.7. The van der Waals surface area contributed by atoms with Crippen LogP contribution in [-0.2, 0) is 9.59 Å². The van der Waals surface area contributed by atoms with Gasteiger partial charge < -0.3 is 10.2 Å². The highest BCUT2D eigenvalue weighted by Crippen LogP contribution is 2.31. The fraction of sp³-hybridized carbons (Fsp3) is 0.833. The first-order valence-electron chi connectivity index (χ1n) is 6.48. The number of nitrogens with one attached hydrogen (secondary N) is 1. The average Bonchev–Trinajstić information content (AvgIpc) is 2.34. The van der Waals surface area contributed by atoms with Crippen molar-refractivity contribution in [3.63, 3.8) is 0 Å². The molecule has 0 bridgehead atoms. The average molecular weight is 312 g/mol. The zero-order chi connectivity index (χ0) is 15.6. The van der Waals surface area contributed by atoms with E-state index in [0.717, 1.165) is 0 Å². The molecule has 0 aromatic heterocycles. The van der Waals surface area contributed by atoms with E-state index in [1.165, 1.54) is 4.90 Å². The SMILES string of the molecule is CCC1C(=O)NC(C)(CC)C(=O)N1CCSC(F)(F)F. The van der Waals surface area contributed by atoms with Gasteiger partial charge in [-0.2, -0.15) is 13.2 Å². The Kier molecular flexibility index (Phi) is 5.34. The van der Waals surface area contributed by atoms with E-state index in [1.54, 1.807) is 20.8 Å². The predicted molar refractivity (Wildman–Crippen MR) is 71.1 cm³/mol. The van der Waals surface area contributed by atoms with E-state index in [2.05, 4.69) is 5.32 Å². The molecule has 0 radical (unpaired) electrons. The van der Waals surface area contributed by atoms with Crippen LogP contribution in [0.2, 0.25) is 0 Å². The van der Waals surface area contributed by atoms with E-state index < -0.39 is 17.1 Å². The summed E-state index contributed by atoms with van der Waals surface area (Å²) >= 11 is -0.175. The molecule has 2 atom stereocenters. The van der Waals surface area contributed by atoms with Gasteiger partial charge in [-0.05, 0) is 31.5 Å². The summed E-state index contributed by atoms with van der Waals surface area (Å²) in [4.78, 5) is 25.6. The van der Waals surface area contributed by atoms with Crippen molar-refractivity contribution in [1.82, 2.24) is 10.2 Å². The molecule has 0 aromatic rings. The third kappa shape index (κ3) is 3.80. The molecule has 8 heteroatoms. The quantitative estimate of drug-likeness (QED) is 0.846. The van der Waals surface area contributed by atoms with Gasteiger partial charge in [0.05, 0.1) is 0 Å². The van der Waals surface area contributed by atoms with Gasteiger partial charge in [0.2, 0.25) is 11.8 Å². The Labute approximate surface area is 120 Å². The molecule has 0 aromatic carbocycles. The van der Waals surface area contributed by atoms with Crippen molar-refractivity contribution < 1.29 is 22.8 Å². The van der Waals surface area contributed by atoms with Crippen molar-refractivity contribution in [3.05, 3.63) is 0 Å². The second kappa shape index (κ2) is 6.24.